The van der Waals surface area contributed by atoms with E-state index in [-0.39, 0.29) is 28.1 Å². The zero-order valence-electron chi connectivity index (χ0n) is 13.9. The minimum Gasteiger partial charge on any atom is -0.369 e. The van der Waals surface area contributed by atoms with Gasteiger partial charge in [-0.3, -0.25) is 18.8 Å². The van der Waals surface area contributed by atoms with Gasteiger partial charge in [0, 0.05) is 19.1 Å². The highest BCUT2D eigenvalue weighted by atomic mass is 32.1. The van der Waals surface area contributed by atoms with Gasteiger partial charge in [-0.05, 0) is 43.3 Å². The molecule has 134 valence electrons. The highest BCUT2D eigenvalue weighted by Crippen LogP contribution is 2.42. The molecule has 1 aromatic carbocycles. The maximum Gasteiger partial charge on any atom is 0.271 e. The van der Waals surface area contributed by atoms with Crippen LogP contribution in [-0.2, 0) is 0 Å². The number of nitrogens with one attached hydrogen (secondary N) is 1. The normalized spacial score (nSPS) is 17.5. The summed E-state index contributed by atoms with van der Waals surface area (Å²) >= 11 is 1.10. The number of benzene rings is 1. The molecule has 1 saturated heterocycles. The van der Waals surface area contributed by atoms with Crippen molar-refractivity contribution in [2.45, 2.75) is 31.7 Å². The van der Waals surface area contributed by atoms with Crippen molar-refractivity contribution >= 4 is 44.6 Å². The summed E-state index contributed by atoms with van der Waals surface area (Å²) in [5.41, 5.74) is -0.0133. The van der Waals surface area contributed by atoms with Crippen LogP contribution in [0.4, 0.5) is 10.1 Å². The molecule has 1 saturated carbocycles. The predicted octanol–water partition coefficient (Wildman–Crippen LogP) is 2.79. The summed E-state index contributed by atoms with van der Waals surface area (Å²) in [6.07, 6.45) is 4.37. The number of pyridine rings is 1. The van der Waals surface area contributed by atoms with Gasteiger partial charge in [-0.1, -0.05) is 0 Å². The summed E-state index contributed by atoms with van der Waals surface area (Å²) in [5, 5.41) is 0.162. The van der Waals surface area contributed by atoms with Crippen molar-refractivity contribution in [3.63, 3.8) is 0 Å². The van der Waals surface area contributed by atoms with Crippen LogP contribution in [0.25, 0.3) is 21.1 Å². The SMILES string of the molecule is O=Cc1c(N2CCCC2)c(F)cc2c(=O)c3c(=O)[nH]sc3n(C3CC3)c12. The number of aromatic nitrogens is 2. The first-order valence-corrected chi connectivity index (χ1v) is 9.55. The van der Waals surface area contributed by atoms with Crippen LogP contribution in [0, 0.1) is 5.82 Å². The fourth-order valence-corrected chi connectivity index (χ4v) is 4.95. The Bertz CT molecular complexity index is 1180. The number of hydrogen-bond donors (Lipinski definition) is 1. The number of halogens is 1. The number of anilines is 1. The summed E-state index contributed by atoms with van der Waals surface area (Å²) < 4.78 is 19.5. The smallest absolute Gasteiger partial charge is 0.271 e. The number of rotatable bonds is 3. The van der Waals surface area contributed by atoms with Gasteiger partial charge in [-0.2, -0.15) is 0 Å². The van der Waals surface area contributed by atoms with E-state index in [4.69, 9.17) is 0 Å². The van der Waals surface area contributed by atoms with Crippen molar-refractivity contribution in [2.24, 2.45) is 0 Å². The van der Waals surface area contributed by atoms with E-state index in [9.17, 15) is 18.8 Å². The summed E-state index contributed by atoms with van der Waals surface area (Å²) in [5.74, 6) is -0.577. The van der Waals surface area contributed by atoms with E-state index in [2.05, 4.69) is 4.37 Å². The number of H-pyrrole nitrogens is 1. The van der Waals surface area contributed by atoms with E-state index in [0.717, 1.165) is 37.2 Å². The maximum absolute atomic E-state index is 14.9. The van der Waals surface area contributed by atoms with E-state index < -0.39 is 16.8 Å². The fourth-order valence-electron chi connectivity index (χ4n) is 4.04. The molecule has 1 aliphatic carbocycles. The van der Waals surface area contributed by atoms with Crippen molar-refractivity contribution in [3.05, 3.63) is 38.0 Å². The Balaban J connectivity index is 2.01. The lowest BCUT2D eigenvalue weighted by molar-refractivity contribution is 0.112. The molecule has 0 unspecified atom stereocenters. The Morgan fingerprint density at radius 2 is 1.96 bits per heavy atom. The second-order valence-electron chi connectivity index (χ2n) is 6.97. The zero-order chi connectivity index (χ0) is 18.0. The van der Waals surface area contributed by atoms with E-state index >= 15 is 0 Å². The molecule has 5 rings (SSSR count). The van der Waals surface area contributed by atoms with Crippen molar-refractivity contribution in [1.82, 2.24) is 8.94 Å². The van der Waals surface area contributed by atoms with Gasteiger partial charge in [-0.15, -0.1) is 0 Å². The number of aldehydes is 1. The molecule has 1 N–H and O–H groups in total. The number of aromatic amines is 1. The summed E-state index contributed by atoms with van der Waals surface area (Å²) in [4.78, 5) is 39.5. The Morgan fingerprint density at radius 1 is 1.23 bits per heavy atom. The van der Waals surface area contributed by atoms with Crippen LogP contribution >= 0.6 is 11.5 Å². The summed E-state index contributed by atoms with van der Waals surface area (Å²) in [7, 11) is 0. The number of hydrogen-bond acceptors (Lipinski definition) is 5. The van der Waals surface area contributed by atoms with Gasteiger partial charge < -0.3 is 9.47 Å². The van der Waals surface area contributed by atoms with E-state index in [1.54, 1.807) is 0 Å². The number of fused-ring (bicyclic) bond motifs is 2. The molecule has 2 fully saturated rings. The quantitative estimate of drug-likeness (QED) is 0.717. The average Bonchev–Trinajstić information content (AvgIpc) is 3.17. The third-order valence-corrected chi connectivity index (χ3v) is 6.21. The lowest BCUT2D eigenvalue weighted by atomic mass is 10.0. The van der Waals surface area contributed by atoms with E-state index in [0.29, 0.717) is 29.7 Å². The molecule has 3 aromatic rings. The molecule has 0 atom stereocenters. The first-order chi connectivity index (χ1) is 12.6. The number of nitrogens with zero attached hydrogens (tertiary/aromatic N) is 2. The third kappa shape index (κ3) is 2.05. The van der Waals surface area contributed by atoms with Crippen molar-refractivity contribution in [3.8, 4) is 0 Å². The Morgan fingerprint density at radius 3 is 2.62 bits per heavy atom. The van der Waals surface area contributed by atoms with Crippen LogP contribution in [0.15, 0.2) is 15.7 Å². The molecule has 0 amide bonds. The molecule has 1 aliphatic heterocycles. The second kappa shape index (κ2) is 5.51. The average molecular weight is 373 g/mol. The molecule has 26 heavy (non-hydrogen) atoms. The monoisotopic (exact) mass is 373 g/mol. The van der Waals surface area contributed by atoms with Gasteiger partial charge in [0.1, 0.15) is 16.0 Å². The lowest BCUT2D eigenvalue weighted by Crippen LogP contribution is -2.23. The van der Waals surface area contributed by atoms with Crippen LogP contribution in [0.1, 0.15) is 42.1 Å². The molecule has 0 bridgehead atoms. The molecular formula is C18H16FN3O3S. The van der Waals surface area contributed by atoms with Gasteiger partial charge in [0.25, 0.3) is 5.56 Å². The van der Waals surface area contributed by atoms with Gasteiger partial charge in [0.15, 0.2) is 6.29 Å². The van der Waals surface area contributed by atoms with Crippen LogP contribution in [0.3, 0.4) is 0 Å². The molecule has 3 heterocycles. The molecule has 0 radical (unpaired) electrons. The molecule has 2 aliphatic rings. The van der Waals surface area contributed by atoms with Crippen LogP contribution in [0.5, 0.6) is 0 Å². The predicted molar refractivity (Wildman–Crippen MR) is 99.3 cm³/mol. The van der Waals surface area contributed by atoms with Gasteiger partial charge in [0.2, 0.25) is 5.43 Å². The molecule has 8 heteroatoms. The van der Waals surface area contributed by atoms with Gasteiger partial charge in [-0.25, -0.2) is 4.39 Å². The molecular weight excluding hydrogens is 357 g/mol. The lowest BCUT2D eigenvalue weighted by Gasteiger charge is -2.23. The van der Waals surface area contributed by atoms with Crippen LogP contribution in [-0.4, -0.2) is 28.3 Å². The summed E-state index contributed by atoms with van der Waals surface area (Å²) in [6.45, 7) is 1.38. The zero-order valence-corrected chi connectivity index (χ0v) is 14.7. The standard InChI is InChI=1S/C18H16FN3O3S/c19-12-7-10-14(11(8-23)15(12)21-5-1-2-6-21)22(9-3-4-9)18-13(16(10)24)17(25)20-26-18/h7-9H,1-6H2,(H,20,25). The van der Waals surface area contributed by atoms with E-state index in [1.807, 2.05) is 9.47 Å². The molecule has 6 nitrogen and oxygen atoms in total. The highest BCUT2D eigenvalue weighted by molar-refractivity contribution is 7.12. The Kier molecular flexibility index (Phi) is 3.34. The van der Waals surface area contributed by atoms with Crippen molar-refractivity contribution < 1.29 is 9.18 Å². The van der Waals surface area contributed by atoms with Crippen molar-refractivity contribution in [1.29, 1.82) is 0 Å². The minimum atomic E-state index is -0.577. The van der Waals surface area contributed by atoms with Crippen LogP contribution in [0.2, 0.25) is 0 Å². The minimum absolute atomic E-state index is 0.0552. The fraction of sp³-hybridized carbons (Fsp3) is 0.389. The first kappa shape index (κ1) is 15.7. The van der Waals surface area contributed by atoms with Gasteiger partial charge in [0.05, 0.1) is 22.2 Å². The molecule has 2 aromatic heterocycles. The second-order valence-corrected chi connectivity index (χ2v) is 7.77. The molecule has 0 spiro atoms. The van der Waals surface area contributed by atoms with Crippen molar-refractivity contribution in [2.75, 3.05) is 18.0 Å². The Labute approximate surface area is 151 Å². The number of carbonyl (C=O) groups is 1. The maximum atomic E-state index is 14.9. The van der Waals surface area contributed by atoms with Gasteiger partial charge >= 0.3 is 0 Å². The topological polar surface area (TPSA) is 75.2 Å². The first-order valence-electron chi connectivity index (χ1n) is 8.74. The van der Waals surface area contributed by atoms with Crippen LogP contribution < -0.4 is 15.9 Å². The third-order valence-electron chi connectivity index (χ3n) is 5.33. The summed E-state index contributed by atoms with van der Waals surface area (Å²) in [6, 6.07) is 1.33. The Hall–Kier alpha value is -2.48. The highest BCUT2D eigenvalue weighted by Gasteiger charge is 2.32. The number of carbonyl (C=O) groups excluding carboxylic acids is 1. The van der Waals surface area contributed by atoms with E-state index in [1.165, 1.54) is 6.07 Å². The largest absolute Gasteiger partial charge is 0.369 e.